The number of anilines is 1. The molecule has 3 N–H and O–H groups in total. The maximum Gasteiger partial charge on any atom is 0.135 e. The first-order chi connectivity index (χ1) is 9.58. The van der Waals surface area contributed by atoms with Crippen LogP contribution in [0.1, 0.15) is 44.4 Å². The monoisotopic (exact) mass is 275 g/mol. The number of aromatic nitrogens is 2. The van der Waals surface area contributed by atoms with Crippen molar-refractivity contribution in [2.24, 2.45) is 11.7 Å². The number of rotatable bonds is 6. The number of fused-ring (bicyclic) bond motifs is 1. The molecule has 2 rings (SSSR count). The summed E-state index contributed by atoms with van der Waals surface area (Å²) in [5.74, 6) is 1.85. The first-order valence-electron chi connectivity index (χ1n) is 7.48. The van der Waals surface area contributed by atoms with Crippen LogP contribution >= 0.6 is 0 Å². The molecule has 0 saturated heterocycles. The molecule has 0 aromatic carbocycles. The summed E-state index contributed by atoms with van der Waals surface area (Å²) in [7, 11) is 0. The lowest BCUT2D eigenvalue weighted by Gasteiger charge is -2.29. The maximum absolute atomic E-state index is 7.44. The van der Waals surface area contributed by atoms with Gasteiger partial charge in [-0.05, 0) is 31.6 Å². The van der Waals surface area contributed by atoms with Crippen LogP contribution in [-0.4, -0.2) is 28.9 Å². The molecule has 20 heavy (non-hydrogen) atoms. The summed E-state index contributed by atoms with van der Waals surface area (Å²) in [6.07, 6.45) is 6.84. The summed E-state index contributed by atoms with van der Waals surface area (Å²) < 4.78 is 0. The zero-order chi connectivity index (χ0) is 14.5. The van der Waals surface area contributed by atoms with Gasteiger partial charge in [0, 0.05) is 30.8 Å². The molecule has 0 spiro atoms. The third kappa shape index (κ3) is 3.68. The van der Waals surface area contributed by atoms with Crippen LogP contribution in [0.5, 0.6) is 0 Å². The van der Waals surface area contributed by atoms with E-state index in [2.05, 4.69) is 28.7 Å². The van der Waals surface area contributed by atoms with Crippen molar-refractivity contribution in [3.8, 4) is 0 Å². The molecule has 5 heteroatoms. The van der Waals surface area contributed by atoms with Crippen LogP contribution in [0, 0.1) is 11.3 Å². The summed E-state index contributed by atoms with van der Waals surface area (Å²) in [4.78, 5) is 11.2. The minimum Gasteiger partial charge on any atom is -0.388 e. The van der Waals surface area contributed by atoms with Gasteiger partial charge in [0.25, 0.3) is 0 Å². The molecule has 1 aromatic heterocycles. The van der Waals surface area contributed by atoms with Gasteiger partial charge in [-0.3, -0.25) is 5.41 Å². The Hall–Kier alpha value is -1.65. The number of nitrogens with two attached hydrogens (primary N) is 1. The maximum atomic E-state index is 7.44. The topological polar surface area (TPSA) is 78.9 Å². The number of aryl methyl sites for hydroxylation is 1. The van der Waals surface area contributed by atoms with E-state index in [1.165, 1.54) is 24.1 Å². The van der Waals surface area contributed by atoms with Crippen molar-refractivity contribution in [2.45, 2.75) is 46.0 Å². The second-order valence-corrected chi connectivity index (χ2v) is 5.94. The van der Waals surface area contributed by atoms with Crippen molar-refractivity contribution in [1.82, 2.24) is 9.97 Å². The van der Waals surface area contributed by atoms with Gasteiger partial charge < -0.3 is 10.6 Å². The second kappa shape index (κ2) is 6.68. The van der Waals surface area contributed by atoms with E-state index in [0.29, 0.717) is 12.3 Å². The highest BCUT2D eigenvalue weighted by molar-refractivity contribution is 5.77. The van der Waals surface area contributed by atoms with E-state index in [0.717, 1.165) is 31.7 Å². The van der Waals surface area contributed by atoms with Gasteiger partial charge in [-0.15, -0.1) is 0 Å². The van der Waals surface area contributed by atoms with E-state index in [4.69, 9.17) is 11.1 Å². The Kier molecular flexibility index (Phi) is 4.93. The van der Waals surface area contributed by atoms with E-state index in [-0.39, 0.29) is 5.84 Å². The Balaban J connectivity index is 2.25. The Labute approximate surface area is 121 Å². The average molecular weight is 275 g/mol. The van der Waals surface area contributed by atoms with Gasteiger partial charge in [-0.2, -0.15) is 0 Å². The number of hydrogen-bond donors (Lipinski definition) is 2. The average Bonchev–Trinajstić information content (AvgIpc) is 2.42. The van der Waals surface area contributed by atoms with Gasteiger partial charge in [-0.1, -0.05) is 13.8 Å². The summed E-state index contributed by atoms with van der Waals surface area (Å²) in [6.45, 7) is 6.11. The van der Waals surface area contributed by atoms with Crippen molar-refractivity contribution in [3.63, 3.8) is 0 Å². The van der Waals surface area contributed by atoms with Crippen LogP contribution in [-0.2, 0) is 12.8 Å². The fourth-order valence-corrected chi connectivity index (χ4v) is 2.76. The third-order valence-electron chi connectivity index (χ3n) is 3.64. The van der Waals surface area contributed by atoms with Crippen LogP contribution in [0.3, 0.4) is 0 Å². The standard InChI is InChI=1S/C15H25N5/c1-11(2)9-20(8-7-14(16)17)15-12-5-3-4-6-13(12)18-10-19-15/h10-11H,3-9H2,1-2H3,(H3,16,17). The highest BCUT2D eigenvalue weighted by Crippen LogP contribution is 2.27. The summed E-state index contributed by atoms with van der Waals surface area (Å²) in [5, 5.41) is 7.44. The molecule has 110 valence electrons. The van der Waals surface area contributed by atoms with Crippen LogP contribution in [0.2, 0.25) is 0 Å². The fourth-order valence-electron chi connectivity index (χ4n) is 2.76. The molecule has 0 unspecified atom stereocenters. The molecule has 0 bridgehead atoms. The molecular weight excluding hydrogens is 250 g/mol. The lowest BCUT2D eigenvalue weighted by atomic mass is 9.96. The van der Waals surface area contributed by atoms with E-state index in [1.807, 2.05) is 0 Å². The lowest BCUT2D eigenvalue weighted by molar-refractivity contribution is 0.597. The molecule has 0 atom stereocenters. The van der Waals surface area contributed by atoms with Gasteiger partial charge >= 0.3 is 0 Å². The molecule has 5 nitrogen and oxygen atoms in total. The first kappa shape index (κ1) is 14.8. The first-order valence-corrected chi connectivity index (χ1v) is 7.48. The molecule has 0 aliphatic heterocycles. The zero-order valence-electron chi connectivity index (χ0n) is 12.5. The molecule has 1 aliphatic carbocycles. The van der Waals surface area contributed by atoms with E-state index >= 15 is 0 Å². The SMILES string of the molecule is CC(C)CN(CCC(=N)N)c1ncnc2c1CCCC2. The predicted octanol–water partition coefficient (Wildman–Crippen LogP) is 2.14. The van der Waals surface area contributed by atoms with Crippen molar-refractivity contribution >= 4 is 11.7 Å². The normalized spacial score (nSPS) is 14.2. The predicted molar refractivity (Wildman–Crippen MR) is 82.3 cm³/mol. The van der Waals surface area contributed by atoms with Crippen molar-refractivity contribution in [3.05, 3.63) is 17.6 Å². The van der Waals surface area contributed by atoms with Crippen LogP contribution < -0.4 is 10.6 Å². The molecule has 0 saturated carbocycles. The van der Waals surface area contributed by atoms with E-state index < -0.39 is 0 Å². The number of nitrogens with one attached hydrogen (secondary N) is 1. The second-order valence-electron chi connectivity index (χ2n) is 5.94. The van der Waals surface area contributed by atoms with Crippen molar-refractivity contribution < 1.29 is 0 Å². The Morgan fingerprint density at radius 2 is 2.10 bits per heavy atom. The summed E-state index contributed by atoms with van der Waals surface area (Å²) in [5.41, 5.74) is 8.03. The molecule has 1 aromatic rings. The zero-order valence-corrected chi connectivity index (χ0v) is 12.5. The van der Waals surface area contributed by atoms with Crippen molar-refractivity contribution in [2.75, 3.05) is 18.0 Å². The number of hydrogen-bond acceptors (Lipinski definition) is 4. The third-order valence-corrected chi connectivity index (χ3v) is 3.64. The van der Waals surface area contributed by atoms with E-state index in [1.54, 1.807) is 6.33 Å². The lowest BCUT2D eigenvalue weighted by Crippen LogP contribution is -2.33. The van der Waals surface area contributed by atoms with Crippen LogP contribution in [0.15, 0.2) is 6.33 Å². The number of amidine groups is 1. The highest BCUT2D eigenvalue weighted by atomic mass is 15.2. The van der Waals surface area contributed by atoms with Gasteiger partial charge in [0.1, 0.15) is 12.1 Å². The van der Waals surface area contributed by atoms with Gasteiger partial charge in [0.05, 0.1) is 5.84 Å². The minimum atomic E-state index is 0.238. The molecule has 1 heterocycles. The Bertz CT molecular complexity index is 469. The fraction of sp³-hybridized carbons (Fsp3) is 0.667. The van der Waals surface area contributed by atoms with Crippen LogP contribution in [0.25, 0.3) is 0 Å². The molecular formula is C15H25N5. The minimum absolute atomic E-state index is 0.238. The highest BCUT2D eigenvalue weighted by Gasteiger charge is 2.20. The van der Waals surface area contributed by atoms with E-state index in [9.17, 15) is 0 Å². The van der Waals surface area contributed by atoms with Gasteiger partial charge in [0.15, 0.2) is 0 Å². The van der Waals surface area contributed by atoms with Gasteiger partial charge in [0.2, 0.25) is 0 Å². The molecule has 1 aliphatic rings. The van der Waals surface area contributed by atoms with Crippen LogP contribution in [0.4, 0.5) is 5.82 Å². The number of nitrogens with zero attached hydrogens (tertiary/aromatic N) is 3. The van der Waals surface area contributed by atoms with Gasteiger partial charge in [-0.25, -0.2) is 9.97 Å². The smallest absolute Gasteiger partial charge is 0.135 e. The summed E-state index contributed by atoms with van der Waals surface area (Å²) in [6, 6.07) is 0. The molecule has 0 amide bonds. The summed E-state index contributed by atoms with van der Waals surface area (Å²) >= 11 is 0. The largest absolute Gasteiger partial charge is 0.388 e. The Morgan fingerprint density at radius 3 is 2.80 bits per heavy atom. The molecule has 0 fully saturated rings. The van der Waals surface area contributed by atoms with Crippen molar-refractivity contribution in [1.29, 1.82) is 5.41 Å². The molecule has 0 radical (unpaired) electrons. The Morgan fingerprint density at radius 1 is 1.35 bits per heavy atom. The quantitative estimate of drug-likeness (QED) is 0.616.